The molecule has 116 valence electrons. The van der Waals surface area contributed by atoms with Gasteiger partial charge in [0.25, 0.3) is 0 Å². The van der Waals surface area contributed by atoms with Crippen molar-refractivity contribution in [2.45, 2.75) is 51.0 Å². The molecule has 6 heteroatoms. The Bertz CT molecular complexity index is 640. The Hall–Kier alpha value is -1.40. The Morgan fingerprint density at radius 2 is 2.14 bits per heavy atom. The number of nitrogens with zero attached hydrogens (tertiary/aromatic N) is 1. The maximum Gasteiger partial charge on any atom is 0.240 e. The van der Waals surface area contributed by atoms with Gasteiger partial charge in [-0.05, 0) is 43.5 Å². The SMILES string of the molecule is CCC[C@H](C)NS(=O)(=O)c1ccc2c(c1)CCN2C(C)=O. The predicted molar refractivity (Wildman–Crippen MR) is 82.9 cm³/mol. The third kappa shape index (κ3) is 3.44. The maximum atomic E-state index is 12.3. The number of carbonyl (C=O) groups is 1. The van der Waals surface area contributed by atoms with Gasteiger partial charge in [0, 0.05) is 25.2 Å². The summed E-state index contributed by atoms with van der Waals surface area (Å²) in [6.07, 6.45) is 2.44. The van der Waals surface area contributed by atoms with Crippen molar-refractivity contribution in [2.75, 3.05) is 11.4 Å². The third-order valence-corrected chi connectivity index (χ3v) is 5.30. The fraction of sp³-hybridized carbons (Fsp3) is 0.533. The van der Waals surface area contributed by atoms with Crippen LogP contribution < -0.4 is 9.62 Å². The lowest BCUT2D eigenvalue weighted by molar-refractivity contribution is -0.116. The molecule has 21 heavy (non-hydrogen) atoms. The zero-order valence-electron chi connectivity index (χ0n) is 12.7. The summed E-state index contributed by atoms with van der Waals surface area (Å²) in [7, 11) is -3.49. The number of amides is 1. The highest BCUT2D eigenvalue weighted by Crippen LogP contribution is 2.30. The molecule has 0 fully saturated rings. The quantitative estimate of drug-likeness (QED) is 0.905. The Labute approximate surface area is 126 Å². The van der Waals surface area contributed by atoms with E-state index in [-0.39, 0.29) is 16.8 Å². The van der Waals surface area contributed by atoms with Crippen LogP contribution in [0.5, 0.6) is 0 Å². The molecule has 0 unspecified atom stereocenters. The zero-order valence-corrected chi connectivity index (χ0v) is 13.5. The van der Waals surface area contributed by atoms with Crippen molar-refractivity contribution < 1.29 is 13.2 Å². The molecule has 1 atom stereocenters. The van der Waals surface area contributed by atoms with Crippen LogP contribution in [0.3, 0.4) is 0 Å². The first-order valence-electron chi connectivity index (χ1n) is 7.28. The van der Waals surface area contributed by atoms with Gasteiger partial charge in [0.1, 0.15) is 0 Å². The first-order chi connectivity index (χ1) is 9.85. The smallest absolute Gasteiger partial charge is 0.240 e. The van der Waals surface area contributed by atoms with Crippen LogP contribution in [-0.2, 0) is 21.2 Å². The summed E-state index contributed by atoms with van der Waals surface area (Å²) in [6.45, 7) is 6.03. The van der Waals surface area contributed by atoms with Crippen LogP contribution in [0.4, 0.5) is 5.69 Å². The number of hydrogen-bond acceptors (Lipinski definition) is 3. The van der Waals surface area contributed by atoms with Crippen LogP contribution in [0.1, 0.15) is 39.2 Å². The molecule has 0 bridgehead atoms. The second-order valence-electron chi connectivity index (χ2n) is 5.52. The lowest BCUT2D eigenvalue weighted by Gasteiger charge is -2.16. The standard InChI is InChI=1S/C15H22N2O3S/c1-4-5-11(2)16-21(19,20)14-6-7-15-13(10-14)8-9-17(15)12(3)18/h6-7,10-11,16H,4-5,8-9H2,1-3H3/t11-/m0/s1. The van der Waals surface area contributed by atoms with E-state index in [0.29, 0.717) is 13.0 Å². The lowest BCUT2D eigenvalue weighted by atomic mass is 10.2. The van der Waals surface area contributed by atoms with Gasteiger partial charge in [-0.25, -0.2) is 13.1 Å². The van der Waals surface area contributed by atoms with E-state index in [1.807, 2.05) is 13.8 Å². The van der Waals surface area contributed by atoms with Crippen LogP contribution in [0, 0.1) is 0 Å². The molecule has 0 spiro atoms. The number of rotatable bonds is 5. The number of nitrogens with one attached hydrogen (secondary N) is 1. The van der Waals surface area contributed by atoms with Gasteiger partial charge in [0.15, 0.2) is 0 Å². The van der Waals surface area contributed by atoms with Gasteiger partial charge < -0.3 is 4.90 Å². The molecule has 1 N–H and O–H groups in total. The summed E-state index contributed by atoms with van der Waals surface area (Å²) in [6, 6.07) is 4.89. The summed E-state index contributed by atoms with van der Waals surface area (Å²) in [5.74, 6) is -0.0148. The summed E-state index contributed by atoms with van der Waals surface area (Å²) >= 11 is 0. The van der Waals surface area contributed by atoms with Crippen molar-refractivity contribution in [2.24, 2.45) is 0 Å². The van der Waals surface area contributed by atoms with E-state index in [4.69, 9.17) is 0 Å². The van der Waals surface area contributed by atoms with Gasteiger partial charge in [-0.3, -0.25) is 4.79 Å². The van der Waals surface area contributed by atoms with Gasteiger partial charge in [-0.2, -0.15) is 0 Å². The van der Waals surface area contributed by atoms with Crippen LogP contribution in [-0.4, -0.2) is 26.9 Å². The first kappa shape index (κ1) is 16.0. The third-order valence-electron chi connectivity index (χ3n) is 3.71. The molecule has 5 nitrogen and oxygen atoms in total. The van der Waals surface area contributed by atoms with Crippen molar-refractivity contribution in [3.05, 3.63) is 23.8 Å². The van der Waals surface area contributed by atoms with E-state index in [1.165, 1.54) is 6.92 Å². The normalized spacial score (nSPS) is 15.9. The topological polar surface area (TPSA) is 66.5 Å². The average Bonchev–Trinajstić information content (AvgIpc) is 2.81. The van der Waals surface area contributed by atoms with Gasteiger partial charge in [0.05, 0.1) is 4.90 Å². The molecule has 0 aromatic heterocycles. The molecular weight excluding hydrogens is 288 g/mol. The monoisotopic (exact) mass is 310 g/mol. The van der Waals surface area contributed by atoms with Crippen LogP contribution >= 0.6 is 0 Å². The Morgan fingerprint density at radius 1 is 1.43 bits per heavy atom. The van der Waals surface area contributed by atoms with Gasteiger partial charge in [-0.15, -0.1) is 0 Å². The molecule has 1 aliphatic heterocycles. The fourth-order valence-corrected chi connectivity index (χ4v) is 4.03. The highest BCUT2D eigenvalue weighted by molar-refractivity contribution is 7.89. The number of carbonyl (C=O) groups excluding carboxylic acids is 1. The van der Waals surface area contributed by atoms with E-state index in [1.54, 1.807) is 23.1 Å². The van der Waals surface area contributed by atoms with Crippen molar-refractivity contribution in [1.29, 1.82) is 0 Å². The largest absolute Gasteiger partial charge is 0.312 e. The predicted octanol–water partition coefficient (Wildman–Crippen LogP) is 2.06. The second kappa shape index (κ2) is 6.15. The molecule has 0 saturated heterocycles. The van der Waals surface area contributed by atoms with Crippen molar-refractivity contribution in [3.8, 4) is 0 Å². The van der Waals surface area contributed by atoms with E-state index in [2.05, 4.69) is 4.72 Å². The second-order valence-corrected chi connectivity index (χ2v) is 7.24. The first-order valence-corrected chi connectivity index (χ1v) is 8.77. The van der Waals surface area contributed by atoms with E-state index in [9.17, 15) is 13.2 Å². The minimum atomic E-state index is -3.49. The van der Waals surface area contributed by atoms with Crippen molar-refractivity contribution >= 4 is 21.6 Å². The minimum absolute atomic E-state index is 0.0148. The average molecular weight is 310 g/mol. The fourth-order valence-electron chi connectivity index (χ4n) is 2.70. The molecule has 1 aromatic rings. The molecular formula is C15H22N2O3S. The highest BCUT2D eigenvalue weighted by Gasteiger charge is 2.25. The molecule has 1 aliphatic rings. The van der Waals surface area contributed by atoms with Gasteiger partial charge in [-0.1, -0.05) is 13.3 Å². The van der Waals surface area contributed by atoms with Crippen LogP contribution in [0.15, 0.2) is 23.1 Å². The van der Waals surface area contributed by atoms with E-state index >= 15 is 0 Å². The maximum absolute atomic E-state index is 12.3. The molecule has 1 amide bonds. The number of hydrogen-bond donors (Lipinski definition) is 1. The number of anilines is 1. The lowest BCUT2D eigenvalue weighted by Crippen LogP contribution is -2.32. The summed E-state index contributed by atoms with van der Waals surface area (Å²) in [5.41, 5.74) is 1.74. The zero-order chi connectivity index (χ0) is 15.6. The molecule has 0 saturated carbocycles. The molecule has 2 rings (SSSR count). The molecule has 0 radical (unpaired) electrons. The van der Waals surface area contributed by atoms with Gasteiger partial charge in [0.2, 0.25) is 15.9 Å². The molecule has 1 aromatic carbocycles. The minimum Gasteiger partial charge on any atom is -0.312 e. The Morgan fingerprint density at radius 3 is 2.76 bits per heavy atom. The van der Waals surface area contributed by atoms with Crippen molar-refractivity contribution in [1.82, 2.24) is 4.72 Å². The van der Waals surface area contributed by atoms with Crippen molar-refractivity contribution in [3.63, 3.8) is 0 Å². The number of fused-ring (bicyclic) bond motifs is 1. The summed E-state index contributed by atoms with van der Waals surface area (Å²) in [5, 5.41) is 0. The van der Waals surface area contributed by atoms with E-state index in [0.717, 1.165) is 24.1 Å². The number of sulfonamides is 1. The Kier molecular flexibility index (Phi) is 4.68. The van der Waals surface area contributed by atoms with Crippen LogP contribution in [0.25, 0.3) is 0 Å². The van der Waals surface area contributed by atoms with Gasteiger partial charge >= 0.3 is 0 Å². The number of benzene rings is 1. The summed E-state index contributed by atoms with van der Waals surface area (Å²) < 4.78 is 27.4. The molecule has 0 aliphatic carbocycles. The van der Waals surface area contributed by atoms with Crippen LogP contribution in [0.2, 0.25) is 0 Å². The highest BCUT2D eigenvalue weighted by atomic mass is 32.2. The van der Waals surface area contributed by atoms with E-state index < -0.39 is 10.0 Å². The summed E-state index contributed by atoms with van der Waals surface area (Å²) in [4.78, 5) is 13.5. The molecule has 1 heterocycles. The Balaban J connectivity index is 2.25.